The van der Waals surface area contributed by atoms with E-state index in [-0.39, 0.29) is 5.70 Å². The van der Waals surface area contributed by atoms with Gasteiger partial charge in [-0.1, -0.05) is 0 Å². The van der Waals surface area contributed by atoms with Crippen molar-refractivity contribution in [2.24, 2.45) is 0 Å². The molecule has 0 unspecified atom stereocenters. The fourth-order valence-electron chi connectivity index (χ4n) is 2.04. The van der Waals surface area contributed by atoms with Gasteiger partial charge in [-0.05, 0) is 12.1 Å². The number of hydrogen-bond acceptors (Lipinski definition) is 8. The van der Waals surface area contributed by atoms with Gasteiger partial charge in [0.15, 0.2) is 5.57 Å². The minimum atomic E-state index is -1.38. The molecule has 0 saturated carbocycles. The van der Waals surface area contributed by atoms with E-state index in [0.717, 1.165) is 0 Å². The molecule has 24 heavy (non-hydrogen) atoms. The Morgan fingerprint density at radius 2 is 1.79 bits per heavy atom. The summed E-state index contributed by atoms with van der Waals surface area (Å²) >= 11 is 0. The van der Waals surface area contributed by atoms with Crippen molar-refractivity contribution in [1.29, 1.82) is 5.26 Å². The van der Waals surface area contributed by atoms with Gasteiger partial charge in [0.25, 0.3) is 5.79 Å². The van der Waals surface area contributed by atoms with Crippen LogP contribution in [0.25, 0.3) is 0 Å². The molecule has 0 atom stereocenters. The van der Waals surface area contributed by atoms with Gasteiger partial charge in [0.1, 0.15) is 23.3 Å². The van der Waals surface area contributed by atoms with Crippen molar-refractivity contribution in [3.8, 4) is 17.6 Å². The van der Waals surface area contributed by atoms with Gasteiger partial charge in [0, 0.05) is 19.9 Å². The lowest BCUT2D eigenvalue weighted by Gasteiger charge is -2.30. The Balaban J connectivity index is 2.41. The number of hydrogen-bond donors (Lipinski definition) is 1. The van der Waals surface area contributed by atoms with E-state index >= 15 is 0 Å². The molecule has 1 aliphatic rings. The number of nitrogens with one attached hydrogen (secondary N) is 1. The fraction of sp³-hybridized carbons (Fsp3) is 0.312. The molecule has 1 aliphatic heterocycles. The smallest absolute Gasteiger partial charge is 0.351 e. The molecule has 0 bridgehead atoms. The molecule has 0 aliphatic carbocycles. The Morgan fingerprint density at radius 1 is 1.17 bits per heavy atom. The second-order valence-corrected chi connectivity index (χ2v) is 5.23. The molecule has 1 N–H and O–H groups in total. The van der Waals surface area contributed by atoms with Crippen LogP contribution in [0, 0.1) is 11.3 Å². The van der Waals surface area contributed by atoms with Crippen molar-refractivity contribution in [2.45, 2.75) is 19.6 Å². The number of rotatable bonds is 4. The van der Waals surface area contributed by atoms with Gasteiger partial charge in [-0.3, -0.25) is 0 Å². The average Bonchev–Trinajstić information content (AvgIpc) is 2.52. The molecule has 0 amide bonds. The lowest BCUT2D eigenvalue weighted by molar-refractivity contribution is -0.222. The first kappa shape index (κ1) is 17.1. The molecular formula is C16H16N2O6. The molecule has 8 nitrogen and oxygen atoms in total. The third kappa shape index (κ3) is 3.41. The number of anilines is 1. The van der Waals surface area contributed by atoms with Crippen LogP contribution >= 0.6 is 0 Å². The standard InChI is InChI=1S/C16H16N2O6/c1-16(2)23-14(19)13(15(20)24-16)11(8-17)18-10-6-5-9(21-3)7-12(10)22-4/h5-7,18H,1-4H3. The maximum Gasteiger partial charge on any atom is 0.351 e. The molecule has 1 fully saturated rings. The molecule has 2 rings (SSSR count). The first-order valence-corrected chi connectivity index (χ1v) is 6.91. The van der Waals surface area contributed by atoms with E-state index in [9.17, 15) is 14.9 Å². The Labute approximate surface area is 138 Å². The monoisotopic (exact) mass is 332 g/mol. The van der Waals surface area contributed by atoms with Crippen molar-refractivity contribution in [3.05, 3.63) is 29.5 Å². The number of carbonyl (C=O) groups is 2. The second kappa shape index (κ2) is 6.50. The number of esters is 2. The van der Waals surface area contributed by atoms with E-state index in [2.05, 4.69) is 5.32 Å². The number of benzene rings is 1. The van der Waals surface area contributed by atoms with Gasteiger partial charge < -0.3 is 24.3 Å². The van der Waals surface area contributed by atoms with Gasteiger partial charge >= 0.3 is 11.9 Å². The number of cyclic esters (lactones) is 2. The summed E-state index contributed by atoms with van der Waals surface area (Å²) in [7, 11) is 2.94. The number of allylic oxidation sites excluding steroid dienone is 1. The highest BCUT2D eigenvalue weighted by atomic mass is 16.7. The summed E-state index contributed by atoms with van der Waals surface area (Å²) in [5, 5.41) is 12.0. The number of carbonyl (C=O) groups excluding carboxylic acids is 2. The molecule has 0 radical (unpaired) electrons. The normalized spacial score (nSPS) is 15.7. The van der Waals surface area contributed by atoms with Gasteiger partial charge in [-0.25, -0.2) is 9.59 Å². The predicted molar refractivity (Wildman–Crippen MR) is 82.1 cm³/mol. The van der Waals surface area contributed by atoms with Crippen LogP contribution < -0.4 is 14.8 Å². The number of ether oxygens (including phenoxy) is 4. The van der Waals surface area contributed by atoms with Crippen LogP contribution in [-0.2, 0) is 19.1 Å². The van der Waals surface area contributed by atoms with Crippen molar-refractivity contribution in [3.63, 3.8) is 0 Å². The molecule has 8 heteroatoms. The lowest BCUT2D eigenvalue weighted by atomic mass is 10.1. The van der Waals surface area contributed by atoms with E-state index in [0.29, 0.717) is 17.2 Å². The van der Waals surface area contributed by atoms with Gasteiger partial charge in [0.2, 0.25) is 0 Å². The van der Waals surface area contributed by atoms with Crippen LogP contribution in [0.5, 0.6) is 11.5 Å². The second-order valence-electron chi connectivity index (χ2n) is 5.23. The van der Waals surface area contributed by atoms with Crippen LogP contribution in [-0.4, -0.2) is 31.9 Å². The number of nitriles is 1. The number of methoxy groups -OCH3 is 2. The maximum atomic E-state index is 12.0. The molecule has 1 aromatic rings. The highest BCUT2D eigenvalue weighted by Gasteiger charge is 2.41. The van der Waals surface area contributed by atoms with E-state index in [1.54, 1.807) is 24.3 Å². The summed E-state index contributed by atoms with van der Waals surface area (Å²) < 4.78 is 20.3. The zero-order valence-electron chi connectivity index (χ0n) is 13.6. The Kier molecular flexibility index (Phi) is 4.64. The molecule has 1 saturated heterocycles. The number of nitrogens with zero attached hydrogens (tertiary/aromatic N) is 1. The molecule has 0 spiro atoms. The third-order valence-electron chi connectivity index (χ3n) is 3.12. The molecule has 1 heterocycles. The topological polar surface area (TPSA) is 107 Å². The van der Waals surface area contributed by atoms with Gasteiger partial charge in [0.05, 0.1) is 19.9 Å². The van der Waals surface area contributed by atoms with E-state index < -0.39 is 23.3 Å². The molecular weight excluding hydrogens is 316 g/mol. The first-order valence-electron chi connectivity index (χ1n) is 6.91. The summed E-state index contributed by atoms with van der Waals surface area (Å²) in [5.74, 6) is -2.35. The van der Waals surface area contributed by atoms with Crippen LogP contribution in [0.3, 0.4) is 0 Å². The Bertz CT molecular complexity index is 738. The van der Waals surface area contributed by atoms with Gasteiger partial charge in [-0.2, -0.15) is 5.26 Å². The average molecular weight is 332 g/mol. The molecule has 126 valence electrons. The lowest BCUT2D eigenvalue weighted by Crippen LogP contribution is -2.42. The van der Waals surface area contributed by atoms with E-state index in [4.69, 9.17) is 18.9 Å². The summed E-state index contributed by atoms with van der Waals surface area (Å²) in [5.41, 5.74) is -0.438. The van der Waals surface area contributed by atoms with E-state index in [1.807, 2.05) is 0 Å². The molecule has 0 aromatic heterocycles. The Hall–Kier alpha value is -3.21. The predicted octanol–water partition coefficient (Wildman–Crippen LogP) is 1.73. The highest BCUT2D eigenvalue weighted by molar-refractivity contribution is 6.17. The van der Waals surface area contributed by atoms with Crippen molar-refractivity contribution < 1.29 is 28.5 Å². The first-order chi connectivity index (χ1) is 11.3. The Morgan fingerprint density at radius 3 is 2.29 bits per heavy atom. The van der Waals surface area contributed by atoms with Crippen molar-refractivity contribution in [2.75, 3.05) is 19.5 Å². The summed E-state index contributed by atoms with van der Waals surface area (Å²) in [6, 6.07) is 6.57. The SMILES string of the molecule is COc1ccc(NC(C#N)=C2C(=O)OC(C)(C)OC2=O)c(OC)c1. The molecule has 1 aromatic carbocycles. The van der Waals surface area contributed by atoms with Crippen molar-refractivity contribution in [1.82, 2.24) is 0 Å². The minimum absolute atomic E-state index is 0.302. The van der Waals surface area contributed by atoms with Crippen molar-refractivity contribution >= 4 is 17.6 Å². The largest absolute Gasteiger partial charge is 0.497 e. The zero-order chi connectivity index (χ0) is 17.9. The third-order valence-corrected chi connectivity index (χ3v) is 3.12. The van der Waals surface area contributed by atoms with Gasteiger partial charge in [-0.15, -0.1) is 0 Å². The quantitative estimate of drug-likeness (QED) is 0.384. The minimum Gasteiger partial charge on any atom is -0.497 e. The van der Waals surface area contributed by atoms with Crippen LogP contribution in [0.2, 0.25) is 0 Å². The summed E-state index contributed by atoms with van der Waals surface area (Å²) in [6.45, 7) is 2.84. The van der Waals surface area contributed by atoms with Crippen LogP contribution in [0.15, 0.2) is 29.5 Å². The zero-order valence-corrected chi connectivity index (χ0v) is 13.6. The maximum absolute atomic E-state index is 12.0. The van der Waals surface area contributed by atoms with Crippen LogP contribution in [0.1, 0.15) is 13.8 Å². The highest BCUT2D eigenvalue weighted by Crippen LogP contribution is 2.31. The summed E-state index contributed by atoms with van der Waals surface area (Å²) in [4.78, 5) is 24.1. The van der Waals surface area contributed by atoms with Crippen LogP contribution in [0.4, 0.5) is 5.69 Å². The summed E-state index contributed by atoms with van der Waals surface area (Å²) in [6.07, 6.45) is 0. The fourth-order valence-corrected chi connectivity index (χ4v) is 2.04. The van der Waals surface area contributed by atoms with E-state index in [1.165, 1.54) is 28.1 Å².